The van der Waals surface area contributed by atoms with E-state index in [9.17, 15) is 9.59 Å². The second-order valence-corrected chi connectivity index (χ2v) is 5.37. The zero-order valence-electron chi connectivity index (χ0n) is 11.2. The molecular formula is C13H23N3O3. The number of nitrogens with zero attached hydrogens (tertiary/aromatic N) is 1. The monoisotopic (exact) mass is 269 g/mol. The van der Waals surface area contributed by atoms with Gasteiger partial charge in [-0.2, -0.15) is 0 Å². The van der Waals surface area contributed by atoms with E-state index in [-0.39, 0.29) is 31.4 Å². The Kier molecular flexibility index (Phi) is 5.15. The van der Waals surface area contributed by atoms with Crippen LogP contribution in [0.4, 0.5) is 0 Å². The van der Waals surface area contributed by atoms with Gasteiger partial charge in [0.2, 0.25) is 11.8 Å². The van der Waals surface area contributed by atoms with Crippen molar-refractivity contribution in [1.82, 2.24) is 15.5 Å². The van der Waals surface area contributed by atoms with Gasteiger partial charge in [-0.05, 0) is 18.8 Å². The number of rotatable bonds is 6. The highest BCUT2D eigenvalue weighted by Gasteiger charge is 2.32. The Morgan fingerprint density at radius 3 is 2.89 bits per heavy atom. The van der Waals surface area contributed by atoms with Crippen molar-refractivity contribution in [3.63, 3.8) is 0 Å². The Balaban J connectivity index is 1.79. The molecule has 1 heterocycles. The molecule has 1 unspecified atom stereocenters. The molecule has 1 saturated carbocycles. The van der Waals surface area contributed by atoms with E-state index in [1.54, 1.807) is 0 Å². The van der Waals surface area contributed by atoms with E-state index in [1.807, 2.05) is 4.90 Å². The zero-order chi connectivity index (χ0) is 13.7. The molecule has 2 amide bonds. The standard InChI is InChI=1S/C13H23N3O3/c17-7-5-15-12(18)8-11-13(19)16(6-4-14-11)9-10-2-1-3-10/h10-11,14,17H,1-9H2,(H,15,18). The van der Waals surface area contributed by atoms with Gasteiger partial charge < -0.3 is 20.6 Å². The SMILES string of the molecule is O=C(CC1NCCN(CC2CCC2)C1=O)NCCO. The molecule has 0 radical (unpaired) electrons. The average molecular weight is 269 g/mol. The predicted molar refractivity (Wildman–Crippen MR) is 70.4 cm³/mol. The van der Waals surface area contributed by atoms with Crippen molar-refractivity contribution in [3.05, 3.63) is 0 Å². The van der Waals surface area contributed by atoms with Crippen LogP contribution in [-0.4, -0.2) is 60.6 Å². The summed E-state index contributed by atoms with van der Waals surface area (Å²) in [5.41, 5.74) is 0. The minimum Gasteiger partial charge on any atom is -0.395 e. The molecular weight excluding hydrogens is 246 g/mol. The highest BCUT2D eigenvalue weighted by Crippen LogP contribution is 2.27. The van der Waals surface area contributed by atoms with Crippen LogP contribution in [0.5, 0.6) is 0 Å². The summed E-state index contributed by atoms with van der Waals surface area (Å²) in [6.07, 6.45) is 3.87. The summed E-state index contributed by atoms with van der Waals surface area (Å²) >= 11 is 0. The van der Waals surface area contributed by atoms with Crippen molar-refractivity contribution in [1.29, 1.82) is 0 Å². The molecule has 3 N–H and O–H groups in total. The number of piperazine rings is 1. The second-order valence-electron chi connectivity index (χ2n) is 5.37. The molecule has 0 bridgehead atoms. The Morgan fingerprint density at radius 1 is 1.47 bits per heavy atom. The number of aliphatic hydroxyl groups excluding tert-OH is 1. The van der Waals surface area contributed by atoms with E-state index in [2.05, 4.69) is 10.6 Å². The van der Waals surface area contributed by atoms with E-state index in [1.165, 1.54) is 19.3 Å². The Bertz CT molecular complexity index is 331. The van der Waals surface area contributed by atoms with Gasteiger partial charge in [0.25, 0.3) is 0 Å². The first-order valence-electron chi connectivity index (χ1n) is 7.10. The van der Waals surface area contributed by atoms with Gasteiger partial charge in [-0.1, -0.05) is 6.42 Å². The van der Waals surface area contributed by atoms with Crippen LogP contribution in [0.1, 0.15) is 25.7 Å². The molecule has 6 heteroatoms. The third kappa shape index (κ3) is 3.91. The Labute approximate surface area is 113 Å². The molecule has 0 aromatic carbocycles. The second kappa shape index (κ2) is 6.86. The first-order chi connectivity index (χ1) is 9.20. The van der Waals surface area contributed by atoms with Gasteiger partial charge >= 0.3 is 0 Å². The lowest BCUT2D eigenvalue weighted by Crippen LogP contribution is -2.57. The summed E-state index contributed by atoms with van der Waals surface area (Å²) in [4.78, 5) is 25.7. The lowest BCUT2D eigenvalue weighted by Gasteiger charge is -2.37. The predicted octanol–water partition coefficient (Wildman–Crippen LogP) is -0.914. The molecule has 1 aliphatic heterocycles. The lowest BCUT2D eigenvalue weighted by molar-refractivity contribution is -0.139. The van der Waals surface area contributed by atoms with Crippen LogP contribution in [0.15, 0.2) is 0 Å². The highest BCUT2D eigenvalue weighted by atomic mass is 16.3. The van der Waals surface area contributed by atoms with Gasteiger partial charge in [-0.15, -0.1) is 0 Å². The van der Waals surface area contributed by atoms with Gasteiger partial charge in [-0.3, -0.25) is 9.59 Å². The van der Waals surface area contributed by atoms with Crippen LogP contribution < -0.4 is 10.6 Å². The number of carbonyl (C=O) groups excluding carboxylic acids is 2. The van der Waals surface area contributed by atoms with E-state index >= 15 is 0 Å². The fraction of sp³-hybridized carbons (Fsp3) is 0.846. The summed E-state index contributed by atoms with van der Waals surface area (Å²) in [6.45, 7) is 2.49. The van der Waals surface area contributed by atoms with Crippen LogP contribution in [-0.2, 0) is 9.59 Å². The van der Waals surface area contributed by atoms with E-state index in [0.717, 1.165) is 19.6 Å². The first kappa shape index (κ1) is 14.3. The molecule has 1 atom stereocenters. The molecule has 2 aliphatic rings. The molecule has 0 aromatic rings. The number of carbonyl (C=O) groups is 2. The highest BCUT2D eigenvalue weighted by molar-refractivity contribution is 5.88. The molecule has 1 aliphatic carbocycles. The molecule has 1 saturated heterocycles. The molecule has 19 heavy (non-hydrogen) atoms. The summed E-state index contributed by atoms with van der Waals surface area (Å²) in [7, 11) is 0. The zero-order valence-corrected chi connectivity index (χ0v) is 11.2. The van der Waals surface area contributed by atoms with Crippen LogP contribution in [0.3, 0.4) is 0 Å². The normalized spacial score (nSPS) is 24.2. The number of hydrogen-bond donors (Lipinski definition) is 3. The van der Waals surface area contributed by atoms with Crippen LogP contribution in [0.25, 0.3) is 0 Å². The maximum absolute atomic E-state index is 12.2. The van der Waals surface area contributed by atoms with Crippen molar-refractivity contribution in [2.45, 2.75) is 31.7 Å². The fourth-order valence-electron chi connectivity index (χ4n) is 2.57. The minimum absolute atomic E-state index is 0.0392. The summed E-state index contributed by atoms with van der Waals surface area (Å²) < 4.78 is 0. The van der Waals surface area contributed by atoms with Gasteiger partial charge in [0.05, 0.1) is 19.1 Å². The van der Waals surface area contributed by atoms with E-state index in [0.29, 0.717) is 5.92 Å². The largest absolute Gasteiger partial charge is 0.395 e. The molecule has 2 fully saturated rings. The Hall–Kier alpha value is -1.14. The fourth-order valence-corrected chi connectivity index (χ4v) is 2.57. The van der Waals surface area contributed by atoms with Crippen molar-refractivity contribution in [2.75, 3.05) is 32.8 Å². The van der Waals surface area contributed by atoms with E-state index in [4.69, 9.17) is 5.11 Å². The molecule has 6 nitrogen and oxygen atoms in total. The summed E-state index contributed by atoms with van der Waals surface area (Å²) in [5, 5.41) is 14.3. The van der Waals surface area contributed by atoms with Gasteiger partial charge in [0, 0.05) is 26.2 Å². The number of aliphatic hydroxyl groups is 1. The maximum Gasteiger partial charge on any atom is 0.240 e. The van der Waals surface area contributed by atoms with Crippen LogP contribution >= 0.6 is 0 Å². The molecule has 0 spiro atoms. The van der Waals surface area contributed by atoms with Crippen molar-refractivity contribution >= 4 is 11.8 Å². The maximum atomic E-state index is 12.2. The smallest absolute Gasteiger partial charge is 0.240 e. The third-order valence-corrected chi connectivity index (χ3v) is 3.91. The number of amides is 2. The number of hydrogen-bond acceptors (Lipinski definition) is 4. The van der Waals surface area contributed by atoms with Gasteiger partial charge in [-0.25, -0.2) is 0 Å². The molecule has 0 aromatic heterocycles. The molecule has 108 valence electrons. The minimum atomic E-state index is -0.410. The van der Waals surface area contributed by atoms with Crippen LogP contribution in [0, 0.1) is 5.92 Å². The molecule has 2 rings (SSSR count). The van der Waals surface area contributed by atoms with Crippen molar-refractivity contribution < 1.29 is 14.7 Å². The van der Waals surface area contributed by atoms with Crippen LogP contribution in [0.2, 0.25) is 0 Å². The van der Waals surface area contributed by atoms with Crippen molar-refractivity contribution in [2.24, 2.45) is 5.92 Å². The van der Waals surface area contributed by atoms with E-state index < -0.39 is 6.04 Å². The van der Waals surface area contributed by atoms with Gasteiger partial charge in [0.1, 0.15) is 0 Å². The first-order valence-corrected chi connectivity index (χ1v) is 7.10. The quantitative estimate of drug-likeness (QED) is 0.583. The number of nitrogens with one attached hydrogen (secondary N) is 2. The lowest BCUT2D eigenvalue weighted by atomic mass is 9.85. The van der Waals surface area contributed by atoms with Gasteiger partial charge in [0.15, 0.2) is 0 Å². The van der Waals surface area contributed by atoms with Crippen molar-refractivity contribution in [3.8, 4) is 0 Å². The average Bonchev–Trinajstić information content (AvgIpc) is 2.35. The third-order valence-electron chi connectivity index (χ3n) is 3.91. The summed E-state index contributed by atoms with van der Waals surface area (Å²) in [5.74, 6) is 0.508. The summed E-state index contributed by atoms with van der Waals surface area (Å²) in [6, 6.07) is -0.410. The topological polar surface area (TPSA) is 81.7 Å². The Morgan fingerprint density at radius 2 is 2.26 bits per heavy atom.